The average Bonchev–Trinajstić information content (AvgIpc) is 3.16. The van der Waals surface area contributed by atoms with Crippen molar-refractivity contribution in [2.24, 2.45) is 0 Å². The number of hydrogen-bond donors (Lipinski definition) is 0. The van der Waals surface area contributed by atoms with Crippen LogP contribution in [0.15, 0.2) is 41.3 Å². The normalized spacial score (nSPS) is 13.3. The van der Waals surface area contributed by atoms with Gasteiger partial charge in [-0.25, -0.2) is 13.2 Å². The maximum absolute atomic E-state index is 12.5. The monoisotopic (exact) mass is 453 g/mol. The summed E-state index contributed by atoms with van der Waals surface area (Å²) in [6.07, 6.45) is 2.41. The molecule has 0 fully saturated rings. The number of nitrogens with zero attached hydrogens (tertiary/aromatic N) is 1. The molecule has 1 aliphatic rings. The maximum Gasteiger partial charge on any atom is 0.340 e. The van der Waals surface area contributed by atoms with Crippen molar-refractivity contribution in [3.63, 3.8) is 0 Å². The summed E-state index contributed by atoms with van der Waals surface area (Å²) in [5, 5.41) is 0.259. The number of fused-ring (bicyclic) bond motifs is 1. The van der Waals surface area contributed by atoms with E-state index in [-0.39, 0.29) is 22.1 Å². The molecule has 0 N–H and O–H groups in total. The Labute approximate surface area is 179 Å². The van der Waals surface area contributed by atoms with Crippen molar-refractivity contribution in [1.29, 1.82) is 0 Å². The van der Waals surface area contributed by atoms with Gasteiger partial charge in [0.1, 0.15) is 0 Å². The quantitative estimate of drug-likeness (QED) is 0.360. The zero-order chi connectivity index (χ0) is 21.2. The number of Topliss-reactive ketones (excluding diaryl/α,β-unsaturated/α-hetero) is 1. The highest BCUT2D eigenvalue weighted by Gasteiger charge is 2.28. The molecule has 0 saturated heterocycles. The highest BCUT2D eigenvalue weighted by molar-refractivity contribution is 7.98. The van der Waals surface area contributed by atoms with Gasteiger partial charge in [0, 0.05) is 17.0 Å². The maximum atomic E-state index is 12.5. The summed E-state index contributed by atoms with van der Waals surface area (Å²) < 4.78 is 30.8. The summed E-state index contributed by atoms with van der Waals surface area (Å²) in [5.74, 6) is -1.01. The van der Waals surface area contributed by atoms with Crippen molar-refractivity contribution in [3.8, 4) is 0 Å². The first-order valence-electron chi connectivity index (χ1n) is 8.94. The van der Waals surface area contributed by atoms with E-state index in [2.05, 4.69) is 0 Å². The van der Waals surface area contributed by atoms with Gasteiger partial charge in [-0.15, -0.1) is 11.8 Å². The second kappa shape index (κ2) is 8.77. The minimum absolute atomic E-state index is 0.0172. The van der Waals surface area contributed by atoms with Crippen molar-refractivity contribution in [1.82, 2.24) is 0 Å². The molecule has 0 atom stereocenters. The molecule has 0 aliphatic carbocycles. The fourth-order valence-electron chi connectivity index (χ4n) is 3.07. The first kappa shape index (κ1) is 21.7. The summed E-state index contributed by atoms with van der Waals surface area (Å²) in [7, 11) is -3.34. The number of benzene rings is 2. The molecule has 2 aromatic rings. The Bertz CT molecular complexity index is 1070. The fraction of sp³-hybridized carbons (Fsp3) is 0.300. The fourth-order valence-corrected chi connectivity index (χ4v) is 4.86. The van der Waals surface area contributed by atoms with Crippen LogP contribution in [0.1, 0.15) is 33.2 Å². The number of halogens is 1. The molecule has 3 rings (SSSR count). The van der Waals surface area contributed by atoms with E-state index in [1.165, 1.54) is 16.1 Å². The largest absolute Gasteiger partial charge is 0.454 e. The van der Waals surface area contributed by atoms with Crippen molar-refractivity contribution in [2.45, 2.75) is 18.2 Å². The predicted molar refractivity (Wildman–Crippen MR) is 115 cm³/mol. The molecule has 2 aromatic carbocycles. The van der Waals surface area contributed by atoms with Gasteiger partial charge < -0.3 is 4.74 Å². The summed E-state index contributed by atoms with van der Waals surface area (Å²) in [4.78, 5) is 25.6. The molecule has 6 nitrogen and oxygen atoms in total. The minimum atomic E-state index is -3.34. The smallest absolute Gasteiger partial charge is 0.340 e. The van der Waals surface area contributed by atoms with Crippen LogP contribution in [0.3, 0.4) is 0 Å². The second-order valence-electron chi connectivity index (χ2n) is 6.41. The van der Waals surface area contributed by atoms with Gasteiger partial charge in [-0.05, 0) is 61.6 Å². The molecule has 29 heavy (non-hydrogen) atoms. The molecule has 0 saturated carbocycles. The summed E-state index contributed by atoms with van der Waals surface area (Å²) in [6.45, 7) is 1.54. The third-order valence-corrected chi connectivity index (χ3v) is 7.52. The lowest BCUT2D eigenvalue weighted by molar-refractivity contribution is 0.0474. The highest BCUT2D eigenvalue weighted by Crippen LogP contribution is 2.31. The van der Waals surface area contributed by atoms with Gasteiger partial charge in [-0.2, -0.15) is 0 Å². The van der Waals surface area contributed by atoms with E-state index in [1.54, 1.807) is 43.3 Å². The number of hydrogen-bond acceptors (Lipinski definition) is 6. The third-order valence-electron chi connectivity index (χ3n) is 4.68. The molecule has 1 heterocycles. The Kier molecular flexibility index (Phi) is 6.55. The van der Waals surface area contributed by atoms with E-state index in [1.807, 2.05) is 6.26 Å². The van der Waals surface area contributed by atoms with Crippen LogP contribution in [0.25, 0.3) is 0 Å². The number of sulfonamides is 1. The van der Waals surface area contributed by atoms with E-state index >= 15 is 0 Å². The summed E-state index contributed by atoms with van der Waals surface area (Å²) >= 11 is 7.52. The van der Waals surface area contributed by atoms with Crippen molar-refractivity contribution in [2.75, 3.05) is 29.5 Å². The zero-order valence-electron chi connectivity index (χ0n) is 16.0. The Morgan fingerprint density at radius 2 is 1.97 bits per heavy atom. The van der Waals surface area contributed by atoms with Crippen LogP contribution >= 0.6 is 23.4 Å². The Morgan fingerprint density at radius 1 is 1.21 bits per heavy atom. The van der Waals surface area contributed by atoms with Gasteiger partial charge in [0.05, 0.1) is 22.0 Å². The number of anilines is 1. The van der Waals surface area contributed by atoms with E-state index < -0.39 is 22.6 Å². The van der Waals surface area contributed by atoms with Gasteiger partial charge >= 0.3 is 5.97 Å². The zero-order valence-corrected chi connectivity index (χ0v) is 18.4. The summed E-state index contributed by atoms with van der Waals surface area (Å²) in [6, 6.07) is 9.88. The molecule has 0 radical (unpaired) electrons. The Morgan fingerprint density at radius 3 is 2.66 bits per heavy atom. The Balaban J connectivity index is 1.70. The molecule has 0 amide bonds. The van der Waals surface area contributed by atoms with Crippen LogP contribution in [-0.2, 0) is 21.2 Å². The van der Waals surface area contributed by atoms with Crippen LogP contribution in [0.4, 0.5) is 5.69 Å². The van der Waals surface area contributed by atoms with Crippen molar-refractivity contribution in [3.05, 3.63) is 58.1 Å². The van der Waals surface area contributed by atoms with Crippen LogP contribution in [-0.4, -0.2) is 45.3 Å². The van der Waals surface area contributed by atoms with Gasteiger partial charge in [-0.1, -0.05) is 11.6 Å². The molecule has 9 heteroatoms. The number of ketones is 1. The Hall–Kier alpha value is -2.03. The number of rotatable bonds is 7. The first-order valence-corrected chi connectivity index (χ1v) is 12.1. The molecular weight excluding hydrogens is 434 g/mol. The summed E-state index contributed by atoms with van der Waals surface area (Å²) in [5.41, 5.74) is 1.97. The van der Waals surface area contributed by atoms with Crippen LogP contribution in [0, 0.1) is 0 Å². The molecule has 0 spiro atoms. The minimum Gasteiger partial charge on any atom is -0.454 e. The number of carbonyl (C=O) groups excluding carboxylic acids is 2. The third kappa shape index (κ3) is 4.60. The number of ether oxygens (including phenoxy) is 1. The average molecular weight is 454 g/mol. The number of esters is 1. The first-order chi connectivity index (χ1) is 13.8. The second-order valence-corrected chi connectivity index (χ2v) is 9.88. The van der Waals surface area contributed by atoms with Gasteiger partial charge in [0.2, 0.25) is 10.0 Å². The van der Waals surface area contributed by atoms with Gasteiger partial charge in [0.15, 0.2) is 12.4 Å². The standard InChI is InChI=1S/C20H20ClNO5S2/c1-3-29(25,26)22-9-8-13-10-14(4-7-18(13)22)19(23)12-27-20(24)16-11-15(28-2)5-6-17(16)21/h4-7,10-11H,3,8-9,12H2,1-2H3. The van der Waals surface area contributed by atoms with Crippen molar-refractivity contribution >= 4 is 50.8 Å². The highest BCUT2D eigenvalue weighted by atomic mass is 35.5. The van der Waals surface area contributed by atoms with E-state index in [4.69, 9.17) is 16.3 Å². The number of carbonyl (C=O) groups is 2. The topological polar surface area (TPSA) is 80.8 Å². The molecule has 154 valence electrons. The van der Waals surface area contributed by atoms with E-state index in [0.29, 0.717) is 24.2 Å². The van der Waals surface area contributed by atoms with Crippen molar-refractivity contribution < 1.29 is 22.7 Å². The van der Waals surface area contributed by atoms with Crippen LogP contribution < -0.4 is 4.31 Å². The van der Waals surface area contributed by atoms with E-state index in [0.717, 1.165) is 10.5 Å². The molecule has 0 unspecified atom stereocenters. The van der Waals surface area contributed by atoms with E-state index in [9.17, 15) is 18.0 Å². The van der Waals surface area contributed by atoms with Gasteiger partial charge in [-0.3, -0.25) is 9.10 Å². The molecule has 0 bridgehead atoms. The SMILES string of the molecule is CCS(=O)(=O)N1CCc2cc(C(=O)COC(=O)c3cc(SC)ccc3Cl)ccc21. The van der Waals surface area contributed by atoms with Crippen LogP contribution in [0.5, 0.6) is 0 Å². The number of thioether (sulfide) groups is 1. The lowest BCUT2D eigenvalue weighted by Crippen LogP contribution is -2.30. The van der Waals surface area contributed by atoms with Gasteiger partial charge in [0.25, 0.3) is 0 Å². The molecule has 0 aromatic heterocycles. The molecular formula is C20H20ClNO5S2. The lowest BCUT2D eigenvalue weighted by Gasteiger charge is -2.18. The predicted octanol–water partition coefficient (Wildman–Crippen LogP) is 3.81. The van der Waals surface area contributed by atoms with Crippen LogP contribution in [0.2, 0.25) is 5.02 Å². The molecule has 1 aliphatic heterocycles. The lowest BCUT2D eigenvalue weighted by atomic mass is 10.1.